The fourth-order valence-electron chi connectivity index (χ4n) is 5.01. The Bertz CT molecular complexity index is 1420. The minimum atomic E-state index is -1.71. The van der Waals surface area contributed by atoms with Crippen molar-refractivity contribution in [2.45, 2.75) is 50.7 Å². The molecule has 176 valence electrons. The number of fused-ring (bicyclic) bond motifs is 2. The van der Waals surface area contributed by atoms with Gasteiger partial charge in [-0.3, -0.25) is 19.4 Å². The summed E-state index contributed by atoms with van der Waals surface area (Å²) in [4.78, 5) is 42.9. The van der Waals surface area contributed by atoms with Gasteiger partial charge < -0.3 is 4.90 Å². The van der Waals surface area contributed by atoms with Crippen LogP contribution in [0.15, 0.2) is 48.7 Å². The zero-order valence-electron chi connectivity index (χ0n) is 19.4. The lowest BCUT2D eigenvalue weighted by Crippen LogP contribution is -2.66. The topological polar surface area (TPSA) is 91.1 Å². The molecule has 1 unspecified atom stereocenters. The number of ketones is 2. The number of aromatic nitrogens is 1. The van der Waals surface area contributed by atoms with E-state index in [-0.39, 0.29) is 31.0 Å². The predicted octanol–water partition coefficient (Wildman–Crippen LogP) is 4.39. The predicted molar refractivity (Wildman–Crippen MR) is 128 cm³/mol. The van der Waals surface area contributed by atoms with E-state index in [1.807, 2.05) is 36.4 Å². The second-order valence-electron chi connectivity index (χ2n) is 9.54. The summed E-state index contributed by atoms with van der Waals surface area (Å²) in [6.45, 7) is 1.17. The van der Waals surface area contributed by atoms with Crippen molar-refractivity contribution < 1.29 is 18.8 Å². The molecule has 1 aliphatic carbocycles. The number of alkyl halides is 1. The number of nitriles is 1. The first-order valence-corrected chi connectivity index (χ1v) is 11.7. The summed E-state index contributed by atoms with van der Waals surface area (Å²) in [5, 5.41) is 9.84. The molecular weight excluding hydrogens is 445 g/mol. The smallest absolute Gasteiger partial charge is 0.224 e. The molecule has 1 aromatic heterocycles. The molecule has 0 radical (unpaired) electrons. The Morgan fingerprint density at radius 1 is 1.11 bits per heavy atom. The summed E-state index contributed by atoms with van der Waals surface area (Å²) < 4.78 is 14.1. The van der Waals surface area contributed by atoms with Crippen molar-refractivity contribution in [1.82, 2.24) is 9.88 Å². The van der Waals surface area contributed by atoms with Crippen LogP contribution in [0.5, 0.6) is 0 Å². The number of carbonyl (C=O) groups excluding carboxylic acids is 3. The number of hydrogen-bond acceptors (Lipinski definition) is 5. The lowest BCUT2D eigenvalue weighted by molar-refractivity contribution is -0.150. The summed E-state index contributed by atoms with van der Waals surface area (Å²) in [6.07, 6.45) is 3.23. The lowest BCUT2D eigenvalue weighted by Gasteiger charge is -2.46. The lowest BCUT2D eigenvalue weighted by atomic mass is 9.87. The van der Waals surface area contributed by atoms with Gasteiger partial charge in [-0.15, -0.1) is 0 Å². The molecule has 1 saturated heterocycles. The molecule has 2 aromatic carbocycles. The number of likely N-dealkylation sites (tertiary alicyclic amines) is 1. The molecular formula is C28H24FN3O3. The van der Waals surface area contributed by atoms with Gasteiger partial charge in [-0.2, -0.15) is 5.26 Å². The van der Waals surface area contributed by atoms with Gasteiger partial charge in [-0.25, -0.2) is 4.39 Å². The van der Waals surface area contributed by atoms with E-state index in [0.717, 1.165) is 23.1 Å². The third-order valence-electron chi connectivity index (χ3n) is 7.01. The number of hydrogen-bond donors (Lipinski definition) is 0. The van der Waals surface area contributed by atoms with Crippen LogP contribution in [0.1, 0.15) is 47.7 Å². The SMILES string of the molecule is CC1(F)CN(C(=O)CCC(=O)c2ccnc3ccc(-c4ccc5c(c4)CCC(=O)C5)cc23)[C@@H]1C#N. The maximum atomic E-state index is 14.1. The quantitative estimate of drug-likeness (QED) is 0.517. The fraction of sp³-hybridized carbons (Fsp3) is 0.321. The molecule has 0 spiro atoms. The number of rotatable bonds is 5. The summed E-state index contributed by atoms with van der Waals surface area (Å²) >= 11 is 0. The highest BCUT2D eigenvalue weighted by Crippen LogP contribution is 2.33. The number of amides is 1. The number of carbonyl (C=O) groups is 3. The average molecular weight is 470 g/mol. The molecule has 3 aromatic rings. The molecule has 1 aliphatic heterocycles. The van der Waals surface area contributed by atoms with E-state index in [4.69, 9.17) is 5.26 Å². The number of nitrogens with zero attached hydrogens (tertiary/aromatic N) is 3. The van der Waals surface area contributed by atoms with Crippen molar-refractivity contribution in [3.05, 3.63) is 65.4 Å². The Hall–Kier alpha value is -3.92. The second kappa shape index (κ2) is 8.70. The monoisotopic (exact) mass is 469 g/mol. The van der Waals surface area contributed by atoms with Crippen LogP contribution in [0.4, 0.5) is 4.39 Å². The molecule has 1 amide bonds. The second-order valence-corrected chi connectivity index (χ2v) is 9.54. The Morgan fingerprint density at radius 3 is 2.66 bits per heavy atom. The number of aryl methyl sites for hydroxylation is 1. The summed E-state index contributed by atoms with van der Waals surface area (Å²) in [6, 6.07) is 14.2. The van der Waals surface area contributed by atoms with Crippen molar-refractivity contribution in [2.75, 3.05) is 6.54 Å². The normalized spacial score (nSPS) is 21.2. The molecule has 0 N–H and O–H groups in total. The van der Waals surface area contributed by atoms with E-state index in [9.17, 15) is 18.8 Å². The molecule has 0 saturated carbocycles. The van der Waals surface area contributed by atoms with Gasteiger partial charge in [0.25, 0.3) is 0 Å². The van der Waals surface area contributed by atoms with Crippen molar-refractivity contribution in [3.63, 3.8) is 0 Å². The van der Waals surface area contributed by atoms with Crippen LogP contribution >= 0.6 is 0 Å². The van der Waals surface area contributed by atoms with Crippen molar-refractivity contribution in [3.8, 4) is 17.2 Å². The maximum Gasteiger partial charge on any atom is 0.224 e. The van der Waals surface area contributed by atoms with E-state index in [2.05, 4.69) is 11.1 Å². The van der Waals surface area contributed by atoms with Crippen LogP contribution in [0.2, 0.25) is 0 Å². The van der Waals surface area contributed by atoms with Gasteiger partial charge >= 0.3 is 0 Å². The van der Waals surface area contributed by atoms with Crippen LogP contribution in [-0.2, 0) is 22.4 Å². The maximum absolute atomic E-state index is 14.1. The summed E-state index contributed by atoms with van der Waals surface area (Å²) in [5.74, 6) is -0.338. The van der Waals surface area contributed by atoms with Crippen LogP contribution in [0.25, 0.3) is 22.0 Å². The zero-order valence-corrected chi connectivity index (χ0v) is 19.4. The highest BCUT2D eigenvalue weighted by atomic mass is 19.1. The van der Waals surface area contributed by atoms with Gasteiger partial charge in [-0.05, 0) is 53.8 Å². The van der Waals surface area contributed by atoms with Gasteiger partial charge in [0.05, 0.1) is 18.1 Å². The first-order chi connectivity index (χ1) is 16.8. The molecule has 2 heterocycles. The fourth-order valence-corrected chi connectivity index (χ4v) is 5.01. The van der Waals surface area contributed by atoms with E-state index in [1.165, 1.54) is 17.4 Å². The third kappa shape index (κ3) is 4.21. The minimum Gasteiger partial charge on any atom is -0.320 e. The number of halogens is 1. The summed E-state index contributed by atoms with van der Waals surface area (Å²) in [7, 11) is 0. The zero-order chi connectivity index (χ0) is 24.7. The van der Waals surface area contributed by atoms with Crippen molar-refractivity contribution in [1.29, 1.82) is 5.26 Å². The Morgan fingerprint density at radius 2 is 1.89 bits per heavy atom. The molecule has 1 fully saturated rings. The highest BCUT2D eigenvalue weighted by molar-refractivity contribution is 6.08. The molecule has 6 nitrogen and oxygen atoms in total. The average Bonchev–Trinajstić information content (AvgIpc) is 2.85. The largest absolute Gasteiger partial charge is 0.320 e. The number of benzene rings is 2. The van der Waals surface area contributed by atoms with Crippen molar-refractivity contribution in [2.24, 2.45) is 0 Å². The Kier molecular flexibility index (Phi) is 5.68. The Labute approximate surface area is 202 Å². The van der Waals surface area contributed by atoms with E-state index in [1.54, 1.807) is 12.3 Å². The molecule has 0 bridgehead atoms. The molecule has 5 rings (SSSR count). The van der Waals surface area contributed by atoms with Crippen LogP contribution in [0, 0.1) is 11.3 Å². The van der Waals surface area contributed by atoms with Gasteiger partial charge in [0, 0.05) is 42.8 Å². The van der Waals surface area contributed by atoms with Crippen LogP contribution in [0.3, 0.4) is 0 Å². The molecule has 35 heavy (non-hydrogen) atoms. The summed E-state index contributed by atoms with van der Waals surface area (Å²) in [5.41, 5.74) is 3.63. The molecule has 2 atom stereocenters. The first-order valence-electron chi connectivity index (χ1n) is 11.7. The van der Waals surface area contributed by atoms with Gasteiger partial charge in [0.2, 0.25) is 5.91 Å². The third-order valence-corrected chi connectivity index (χ3v) is 7.01. The first kappa shape index (κ1) is 22.9. The standard InChI is InChI=1S/C28H24FN3O3/c1-28(29)16-32(26(28)15-30)27(35)9-8-25(34)22-10-11-31-24-7-5-20(14-23(22)24)17-2-3-19-13-21(33)6-4-18(19)12-17/h2-3,5,7,10-12,14,26H,4,6,8-9,13,16H2,1H3/t26-,28?/m1/s1. The Balaban J connectivity index is 1.37. The van der Waals surface area contributed by atoms with E-state index in [0.29, 0.717) is 29.3 Å². The van der Waals surface area contributed by atoms with Gasteiger partial charge in [-0.1, -0.05) is 24.3 Å². The van der Waals surface area contributed by atoms with Crippen LogP contribution < -0.4 is 0 Å². The van der Waals surface area contributed by atoms with Crippen LogP contribution in [-0.4, -0.2) is 45.6 Å². The highest BCUT2D eigenvalue weighted by Gasteiger charge is 2.52. The number of pyridine rings is 1. The molecule has 2 aliphatic rings. The van der Waals surface area contributed by atoms with Crippen molar-refractivity contribution >= 4 is 28.4 Å². The minimum absolute atomic E-state index is 0.0350. The number of Topliss-reactive ketones (excluding diaryl/α,β-unsaturated/α-hetero) is 2. The van der Waals surface area contributed by atoms with E-state index < -0.39 is 17.6 Å². The molecule has 7 heteroatoms. The van der Waals surface area contributed by atoms with E-state index >= 15 is 0 Å². The van der Waals surface area contributed by atoms with Gasteiger partial charge in [0.1, 0.15) is 5.78 Å². The van der Waals surface area contributed by atoms with Gasteiger partial charge in [0.15, 0.2) is 17.5 Å².